The van der Waals surface area contributed by atoms with E-state index in [1.54, 1.807) is 11.1 Å². The highest BCUT2D eigenvalue weighted by Crippen LogP contribution is 2.43. The van der Waals surface area contributed by atoms with Crippen LogP contribution in [0.15, 0.2) is 41.6 Å². The van der Waals surface area contributed by atoms with E-state index >= 15 is 0 Å². The summed E-state index contributed by atoms with van der Waals surface area (Å²) in [5.41, 5.74) is 3.36. The molecule has 5 nitrogen and oxygen atoms in total. The second-order valence-electron chi connectivity index (χ2n) is 6.14. The third-order valence-corrected chi connectivity index (χ3v) is 4.29. The summed E-state index contributed by atoms with van der Waals surface area (Å²) in [5, 5.41) is 21.5. The second-order valence-corrected chi connectivity index (χ2v) is 6.14. The molecule has 1 aliphatic carbocycles. The molecule has 1 aromatic rings. The van der Waals surface area contributed by atoms with Gasteiger partial charge in [-0.2, -0.15) is 0 Å². The summed E-state index contributed by atoms with van der Waals surface area (Å²) in [4.78, 5) is 17.7. The number of hydrogen-bond donors (Lipinski definition) is 2. The first-order chi connectivity index (χ1) is 11.0. The summed E-state index contributed by atoms with van der Waals surface area (Å²) in [6, 6.07) is 7.56. The standard InChI is InChI=1S/C18H21NO4/c1-4-15-16(18(21)22)17(10(2)3)19(23-15)13-9-14(20)12-8-6-5-7-11(12)13/h5-10,14-15,20H,4H2,1-3H3,(H,21,22). The smallest absolute Gasteiger partial charge is 0.336 e. The summed E-state index contributed by atoms with van der Waals surface area (Å²) < 4.78 is 0. The predicted molar refractivity (Wildman–Crippen MR) is 85.9 cm³/mol. The molecular weight excluding hydrogens is 294 g/mol. The summed E-state index contributed by atoms with van der Waals surface area (Å²) in [5.74, 6) is -0.959. The quantitative estimate of drug-likeness (QED) is 0.893. The maximum Gasteiger partial charge on any atom is 0.336 e. The second kappa shape index (κ2) is 5.83. The molecule has 0 fully saturated rings. The van der Waals surface area contributed by atoms with Crippen molar-refractivity contribution in [1.29, 1.82) is 0 Å². The number of fused-ring (bicyclic) bond motifs is 1. The first-order valence-corrected chi connectivity index (χ1v) is 7.89. The van der Waals surface area contributed by atoms with Crippen LogP contribution in [-0.2, 0) is 9.63 Å². The Hall–Kier alpha value is -2.11. The molecular formula is C18H21NO4. The van der Waals surface area contributed by atoms with Gasteiger partial charge in [0, 0.05) is 5.56 Å². The Morgan fingerprint density at radius 3 is 2.65 bits per heavy atom. The number of carboxylic acids is 1. The Labute approximate surface area is 135 Å². The normalized spacial score (nSPS) is 23.5. The highest BCUT2D eigenvalue weighted by atomic mass is 16.7. The van der Waals surface area contributed by atoms with Crippen molar-refractivity contribution in [2.75, 3.05) is 0 Å². The lowest BCUT2D eigenvalue weighted by molar-refractivity contribution is -0.135. The minimum Gasteiger partial charge on any atom is -0.478 e. The lowest BCUT2D eigenvalue weighted by Crippen LogP contribution is -2.21. The average Bonchev–Trinajstić information content (AvgIpc) is 3.06. The van der Waals surface area contributed by atoms with Crippen molar-refractivity contribution in [3.63, 3.8) is 0 Å². The van der Waals surface area contributed by atoms with Crippen molar-refractivity contribution in [3.05, 3.63) is 52.7 Å². The zero-order valence-corrected chi connectivity index (χ0v) is 13.5. The zero-order chi connectivity index (χ0) is 16.7. The molecule has 1 heterocycles. The lowest BCUT2D eigenvalue weighted by atomic mass is 9.99. The summed E-state index contributed by atoms with van der Waals surface area (Å²) >= 11 is 0. The number of hydrogen-bond acceptors (Lipinski definition) is 4. The Balaban J connectivity index is 2.11. The van der Waals surface area contributed by atoms with Gasteiger partial charge in [-0.1, -0.05) is 45.0 Å². The average molecular weight is 315 g/mol. The Morgan fingerprint density at radius 1 is 1.35 bits per heavy atom. The van der Waals surface area contributed by atoms with Crippen molar-refractivity contribution in [3.8, 4) is 0 Å². The van der Waals surface area contributed by atoms with Gasteiger partial charge >= 0.3 is 5.97 Å². The molecule has 5 heteroatoms. The van der Waals surface area contributed by atoms with Gasteiger partial charge in [-0.05, 0) is 24.0 Å². The summed E-state index contributed by atoms with van der Waals surface area (Å²) in [6.45, 7) is 5.80. The maximum atomic E-state index is 11.7. The van der Waals surface area contributed by atoms with Crippen LogP contribution in [0.2, 0.25) is 0 Å². The van der Waals surface area contributed by atoms with E-state index in [-0.39, 0.29) is 5.92 Å². The van der Waals surface area contributed by atoms with E-state index < -0.39 is 18.2 Å². The van der Waals surface area contributed by atoms with Gasteiger partial charge in [-0.3, -0.25) is 4.84 Å². The fourth-order valence-electron chi connectivity index (χ4n) is 3.26. The number of aliphatic hydroxyl groups excluding tert-OH is 1. The van der Waals surface area contributed by atoms with Gasteiger partial charge < -0.3 is 10.2 Å². The van der Waals surface area contributed by atoms with Gasteiger partial charge in [0.05, 0.1) is 17.0 Å². The van der Waals surface area contributed by atoms with Gasteiger partial charge in [0.1, 0.15) is 12.2 Å². The Kier molecular flexibility index (Phi) is 4.00. The number of carbonyl (C=O) groups is 1. The monoisotopic (exact) mass is 315 g/mol. The minimum absolute atomic E-state index is 0.0107. The van der Waals surface area contributed by atoms with Crippen molar-refractivity contribution < 1.29 is 19.8 Å². The van der Waals surface area contributed by atoms with Crippen LogP contribution < -0.4 is 0 Å². The molecule has 0 bridgehead atoms. The van der Waals surface area contributed by atoms with Crippen LogP contribution >= 0.6 is 0 Å². The van der Waals surface area contributed by atoms with E-state index in [2.05, 4.69) is 0 Å². The van der Waals surface area contributed by atoms with E-state index in [9.17, 15) is 15.0 Å². The Morgan fingerprint density at radius 2 is 2.04 bits per heavy atom. The van der Waals surface area contributed by atoms with Crippen LogP contribution in [0.3, 0.4) is 0 Å². The zero-order valence-electron chi connectivity index (χ0n) is 13.5. The number of hydroxylamine groups is 2. The molecule has 0 spiro atoms. The first-order valence-electron chi connectivity index (χ1n) is 7.89. The van der Waals surface area contributed by atoms with Crippen molar-refractivity contribution in [2.45, 2.75) is 39.4 Å². The molecule has 0 aromatic heterocycles. The molecule has 2 unspecified atom stereocenters. The van der Waals surface area contributed by atoms with Gasteiger partial charge in [0.15, 0.2) is 0 Å². The summed E-state index contributed by atoms with van der Waals surface area (Å²) in [6.07, 6.45) is 1.11. The fraction of sp³-hybridized carbons (Fsp3) is 0.389. The largest absolute Gasteiger partial charge is 0.478 e. The van der Waals surface area contributed by atoms with Crippen LogP contribution in [0, 0.1) is 5.92 Å². The molecule has 2 aliphatic rings. The van der Waals surface area contributed by atoms with E-state index in [1.165, 1.54) is 0 Å². The molecule has 0 saturated carbocycles. The molecule has 122 valence electrons. The van der Waals surface area contributed by atoms with Crippen LogP contribution in [-0.4, -0.2) is 27.3 Å². The first kappa shape index (κ1) is 15.8. The molecule has 0 saturated heterocycles. The van der Waals surface area contributed by atoms with Crippen LogP contribution in [0.25, 0.3) is 5.70 Å². The molecule has 0 amide bonds. The van der Waals surface area contributed by atoms with Crippen LogP contribution in [0.5, 0.6) is 0 Å². The number of allylic oxidation sites excluding steroid dienone is 1. The number of carboxylic acid groups (broad SMARTS) is 1. The van der Waals surface area contributed by atoms with E-state index in [1.807, 2.05) is 45.0 Å². The number of nitrogens with zero attached hydrogens (tertiary/aromatic N) is 1. The molecule has 0 radical (unpaired) electrons. The van der Waals surface area contributed by atoms with E-state index in [0.717, 1.165) is 11.1 Å². The lowest BCUT2D eigenvalue weighted by Gasteiger charge is -2.25. The molecule has 3 rings (SSSR count). The van der Waals surface area contributed by atoms with E-state index in [4.69, 9.17) is 4.84 Å². The van der Waals surface area contributed by atoms with E-state index in [0.29, 0.717) is 23.4 Å². The highest BCUT2D eigenvalue weighted by molar-refractivity contribution is 5.90. The van der Waals surface area contributed by atoms with Crippen molar-refractivity contribution in [2.24, 2.45) is 5.92 Å². The highest BCUT2D eigenvalue weighted by Gasteiger charge is 2.40. The molecule has 2 atom stereocenters. The fourth-order valence-corrected chi connectivity index (χ4v) is 3.26. The van der Waals surface area contributed by atoms with Gasteiger partial charge in [0.25, 0.3) is 0 Å². The SMILES string of the molecule is CCC1ON(C2=CC(O)c3ccccc32)C(C(C)C)=C1C(=O)O. The molecule has 1 aromatic carbocycles. The van der Waals surface area contributed by atoms with Gasteiger partial charge in [-0.25, -0.2) is 9.86 Å². The van der Waals surface area contributed by atoms with Gasteiger partial charge in [-0.15, -0.1) is 0 Å². The molecule has 2 N–H and O–H groups in total. The van der Waals surface area contributed by atoms with Crippen molar-refractivity contribution >= 4 is 11.7 Å². The number of aliphatic carboxylic acids is 1. The third-order valence-electron chi connectivity index (χ3n) is 4.29. The third kappa shape index (κ3) is 2.46. The molecule has 1 aliphatic heterocycles. The predicted octanol–water partition coefficient (Wildman–Crippen LogP) is 3.10. The number of aliphatic hydroxyl groups is 1. The van der Waals surface area contributed by atoms with Crippen molar-refractivity contribution in [1.82, 2.24) is 5.06 Å². The van der Waals surface area contributed by atoms with Crippen LogP contribution in [0.4, 0.5) is 0 Å². The maximum absolute atomic E-state index is 11.7. The molecule has 23 heavy (non-hydrogen) atoms. The van der Waals surface area contributed by atoms with Crippen LogP contribution in [0.1, 0.15) is 44.4 Å². The Bertz CT molecular complexity index is 705. The number of rotatable bonds is 4. The topological polar surface area (TPSA) is 70.0 Å². The van der Waals surface area contributed by atoms with Gasteiger partial charge in [0.2, 0.25) is 0 Å². The minimum atomic E-state index is -0.949. The number of benzene rings is 1. The summed E-state index contributed by atoms with van der Waals surface area (Å²) in [7, 11) is 0.